The number of allylic oxidation sites excluding steroid dienone is 4. The van der Waals surface area contributed by atoms with Crippen LogP contribution in [0, 0.1) is 42.6 Å². The number of hydrogen-bond donors (Lipinski definition) is 1. The maximum Gasteiger partial charge on any atom is 3.00 e. The molecule has 1 atom stereocenters. The number of aliphatic hydroxyl groups is 1. The molecule has 0 aromatic rings. The standard InChI is InChI=1S/C11H17NO.C9H13.C2H6O.CH3.H4Si.Ti/c12-10(13)11-4-7-1-8(5-11)3-9(2-7)6-11;1-6-5-7(2)9(4)8(6)3;1-2-3;;;/h7-9H,1-6H2,(H2,12,13);6H,1-4H3;3H,2H2,1H3;1H3;1H4;/q;-1;;-1;;+3/p-1/i;;1T3,2T2;;;. The summed E-state index contributed by atoms with van der Waals surface area (Å²) in [7, 11) is 0. The third kappa shape index (κ3) is 6.68. The molecule has 0 spiro atoms. The molecule has 4 bridgehead atoms. The Labute approximate surface area is 199 Å². The van der Waals surface area contributed by atoms with Gasteiger partial charge in [0.2, 0.25) is 0 Å². The Morgan fingerprint density at radius 1 is 1.21 bits per heavy atom. The molecule has 5 heteroatoms. The van der Waals surface area contributed by atoms with E-state index in [2.05, 4.69) is 33.8 Å². The van der Waals surface area contributed by atoms with E-state index >= 15 is 0 Å². The summed E-state index contributed by atoms with van der Waals surface area (Å²) in [4.78, 5) is 11.4. The summed E-state index contributed by atoms with van der Waals surface area (Å²) in [6, 6.07) is 0. The molecule has 5 aliphatic rings. The van der Waals surface area contributed by atoms with Crippen molar-refractivity contribution in [3.05, 3.63) is 36.0 Å². The average Bonchev–Trinajstić information content (AvgIpc) is 2.79. The second-order valence-corrected chi connectivity index (χ2v) is 8.44. The largest absolute Gasteiger partial charge is 3.00 e. The maximum atomic E-state index is 11.4. The number of hydrogen-bond acceptors (Lipinski definition) is 2. The number of rotatable bonds is 1. The van der Waals surface area contributed by atoms with Gasteiger partial charge in [0.1, 0.15) is 0 Å². The van der Waals surface area contributed by atoms with Crippen LogP contribution in [0.1, 0.15) is 79.9 Å². The Hall–Kier alpha value is -0.159. The van der Waals surface area contributed by atoms with Crippen LogP contribution < -0.4 is 0 Å². The van der Waals surface area contributed by atoms with E-state index in [1.807, 2.05) is 0 Å². The summed E-state index contributed by atoms with van der Waals surface area (Å²) in [5, 5.41) is 8.12. The number of amides is 1. The second-order valence-electron chi connectivity index (χ2n) is 8.44. The molecule has 4 saturated carbocycles. The third-order valence-corrected chi connectivity index (χ3v) is 6.76. The molecule has 0 aromatic heterocycles. The van der Waals surface area contributed by atoms with Gasteiger partial charge in [0.05, 0.1) is 8.65 Å². The van der Waals surface area contributed by atoms with Gasteiger partial charge in [0, 0.05) is 16.1 Å². The minimum atomic E-state index is -3.06. The SMILES string of the molecule is CC1=[C-]C(C)C(C)=C1C.[3H]C([3H])([3H])C([3H])([3H])O.[CH3-].[NH-]C(=O)C12CC3CC(CC(C3)C1)C2.[SiH4].[Ti+3]. The van der Waals surface area contributed by atoms with Gasteiger partial charge in [0.15, 0.2) is 0 Å². The van der Waals surface area contributed by atoms with E-state index in [-0.39, 0.29) is 51.4 Å². The van der Waals surface area contributed by atoms with E-state index in [1.54, 1.807) is 0 Å². The Bertz CT molecular complexity index is 684. The Balaban J connectivity index is 0. The smallest absolute Gasteiger partial charge is 0.667 e. The molecule has 28 heavy (non-hydrogen) atoms. The third-order valence-electron chi connectivity index (χ3n) is 6.76. The van der Waals surface area contributed by atoms with Gasteiger partial charge in [-0.15, -0.1) is 6.92 Å². The van der Waals surface area contributed by atoms with Gasteiger partial charge >= 0.3 is 21.7 Å². The molecule has 2 N–H and O–H groups in total. The number of nitrogens with one attached hydrogen (secondary N) is 1. The molecule has 1 radical (unpaired) electrons. The zero-order valence-corrected chi connectivity index (χ0v) is 19.0. The zero-order valence-electron chi connectivity index (χ0n) is 22.4. The molecule has 4 fully saturated rings. The Morgan fingerprint density at radius 2 is 1.61 bits per heavy atom. The molecule has 0 heterocycles. The van der Waals surface area contributed by atoms with Crippen LogP contribution in [0.3, 0.4) is 0 Å². The van der Waals surface area contributed by atoms with Gasteiger partial charge in [-0.2, -0.15) is 11.1 Å². The van der Waals surface area contributed by atoms with Crippen molar-refractivity contribution >= 4 is 16.9 Å². The monoisotopic (exact) mass is 450 g/mol. The fourth-order valence-corrected chi connectivity index (χ4v) is 5.55. The first-order chi connectivity index (χ1) is 13.6. The van der Waals surface area contributed by atoms with Crippen LogP contribution in [-0.4, -0.2) is 28.5 Å². The summed E-state index contributed by atoms with van der Waals surface area (Å²) in [6.07, 6.45) is 10.5. The summed E-state index contributed by atoms with van der Waals surface area (Å²) < 4.78 is 31.4. The first kappa shape index (κ1) is 21.1. The van der Waals surface area contributed by atoms with E-state index in [9.17, 15) is 4.79 Å². The van der Waals surface area contributed by atoms with Gasteiger partial charge in [-0.25, -0.2) is 5.57 Å². The van der Waals surface area contributed by atoms with Gasteiger partial charge < -0.3 is 23.1 Å². The summed E-state index contributed by atoms with van der Waals surface area (Å²) in [6.45, 7) is 2.68. The topological polar surface area (TPSA) is 61.1 Å². The molecule has 3 nitrogen and oxygen atoms in total. The summed E-state index contributed by atoms with van der Waals surface area (Å²) >= 11 is 0. The Kier molecular flexibility index (Phi) is 9.43. The molecule has 5 aliphatic carbocycles. The van der Waals surface area contributed by atoms with Gasteiger partial charge in [-0.1, -0.05) is 26.7 Å². The van der Waals surface area contributed by atoms with E-state index < -0.39 is 13.4 Å². The first-order valence-corrected chi connectivity index (χ1v) is 9.32. The van der Waals surface area contributed by atoms with E-state index in [0.29, 0.717) is 5.92 Å². The molecule has 159 valence electrons. The number of carbonyl (C=O) groups excluding carboxylic acids is 1. The first-order valence-electron chi connectivity index (χ1n) is 11.8. The van der Waals surface area contributed by atoms with E-state index in [0.717, 1.165) is 37.0 Å². The van der Waals surface area contributed by atoms with Gasteiger partial charge in [-0.05, 0) is 74.1 Å². The van der Waals surface area contributed by atoms with Crippen LogP contribution >= 0.6 is 0 Å². The van der Waals surface area contributed by atoms with Crippen molar-refractivity contribution in [3.63, 3.8) is 0 Å². The quantitative estimate of drug-likeness (QED) is 0.472. The van der Waals surface area contributed by atoms with Crippen molar-refractivity contribution in [3.8, 4) is 0 Å². The van der Waals surface area contributed by atoms with Crippen molar-refractivity contribution in [2.75, 3.05) is 6.56 Å². The summed E-state index contributed by atoms with van der Waals surface area (Å²) in [5.74, 6) is 2.68. The van der Waals surface area contributed by atoms with Gasteiger partial charge in [0.25, 0.3) is 0 Å². The summed E-state index contributed by atoms with van der Waals surface area (Å²) in [5.41, 5.74) is 11.5. The minimum Gasteiger partial charge on any atom is -0.667 e. The molecular weight excluding hydrogens is 398 g/mol. The van der Waals surface area contributed by atoms with Crippen LogP contribution in [0.2, 0.25) is 0 Å². The molecular formula is C23H42NO2SiTi. The van der Waals surface area contributed by atoms with Crippen LogP contribution in [0.25, 0.3) is 5.73 Å². The number of carbonyl (C=O) groups is 1. The molecule has 0 aromatic carbocycles. The Morgan fingerprint density at radius 3 is 1.79 bits per heavy atom. The van der Waals surface area contributed by atoms with Crippen molar-refractivity contribution in [2.45, 2.75) is 73.1 Å². The van der Waals surface area contributed by atoms with Crippen molar-refractivity contribution in [1.82, 2.24) is 0 Å². The molecule has 1 unspecified atom stereocenters. The van der Waals surface area contributed by atoms with E-state index in [1.165, 1.54) is 36.0 Å². The minimum absolute atomic E-state index is 0. The second kappa shape index (κ2) is 12.5. The van der Waals surface area contributed by atoms with Crippen LogP contribution in [0.5, 0.6) is 0 Å². The van der Waals surface area contributed by atoms with E-state index in [4.69, 9.17) is 17.7 Å². The van der Waals surface area contributed by atoms with Crippen molar-refractivity contribution in [2.24, 2.45) is 29.1 Å². The molecule has 5 rings (SSSR count). The fraction of sp³-hybridized carbons (Fsp3) is 0.739. The predicted octanol–water partition coefficient (Wildman–Crippen LogP) is 4.50. The van der Waals surface area contributed by atoms with Crippen LogP contribution in [0.15, 0.2) is 16.7 Å². The fourth-order valence-electron chi connectivity index (χ4n) is 5.55. The van der Waals surface area contributed by atoms with Gasteiger partial charge in [-0.3, -0.25) is 6.08 Å². The van der Waals surface area contributed by atoms with Crippen LogP contribution in [-0.2, 0) is 26.5 Å². The maximum absolute atomic E-state index is 11.4. The normalized spacial score (nSPS) is 37.3. The molecule has 1 amide bonds. The molecule has 0 saturated heterocycles. The van der Waals surface area contributed by atoms with Crippen LogP contribution in [0.4, 0.5) is 0 Å². The average molecular weight is 451 g/mol. The van der Waals surface area contributed by atoms with Crippen molar-refractivity contribution in [1.29, 1.82) is 0 Å². The molecule has 0 aliphatic heterocycles. The van der Waals surface area contributed by atoms with Crippen molar-refractivity contribution < 1.29 is 38.5 Å². The predicted molar refractivity (Wildman–Crippen MR) is 120 cm³/mol. The zero-order chi connectivity index (χ0) is 23.1.